The maximum Gasteiger partial charge on any atom is 0.213 e. The minimum atomic E-state index is 0.0172. The summed E-state index contributed by atoms with van der Waals surface area (Å²) in [7, 11) is 0. The summed E-state index contributed by atoms with van der Waals surface area (Å²) >= 11 is 0. The van der Waals surface area contributed by atoms with Crippen molar-refractivity contribution in [3.8, 4) is 17.0 Å². The first kappa shape index (κ1) is 20.8. The Labute approximate surface area is 181 Å². The number of guanidine groups is 1. The van der Waals surface area contributed by atoms with Gasteiger partial charge in [-0.05, 0) is 43.5 Å². The van der Waals surface area contributed by atoms with Crippen LogP contribution in [0.15, 0.2) is 53.5 Å². The highest BCUT2D eigenvalue weighted by molar-refractivity contribution is 5.97. The molecule has 31 heavy (non-hydrogen) atoms. The van der Waals surface area contributed by atoms with E-state index in [4.69, 9.17) is 20.2 Å². The predicted molar refractivity (Wildman–Crippen MR) is 121 cm³/mol. The molecule has 0 spiro atoms. The van der Waals surface area contributed by atoms with Crippen molar-refractivity contribution in [2.75, 3.05) is 6.79 Å². The van der Waals surface area contributed by atoms with Crippen LogP contribution in [0.4, 0.5) is 5.69 Å². The third kappa shape index (κ3) is 5.00. The standard InChI is InChI=1S/C24H26N4O3/c1-16-6-2-5-9-19(16)22-13-23(28-24(25)26-14-29)20-11-10-18(12-21(20)27-22)31-15-30-17-7-3-4-8-17/h2,5-6,9-14,17H,3-4,7-8,15H2,1H3,(H3,25,26,27,28,29). The van der Waals surface area contributed by atoms with E-state index in [1.807, 2.05) is 55.5 Å². The second kappa shape index (κ2) is 9.57. The summed E-state index contributed by atoms with van der Waals surface area (Å²) in [6.45, 7) is 2.25. The molecule has 1 aliphatic carbocycles. The van der Waals surface area contributed by atoms with Crippen LogP contribution in [0.3, 0.4) is 0 Å². The van der Waals surface area contributed by atoms with Crippen molar-refractivity contribution in [2.24, 2.45) is 10.7 Å². The fourth-order valence-electron chi connectivity index (χ4n) is 3.85. The molecule has 0 saturated heterocycles. The van der Waals surface area contributed by atoms with Crippen molar-refractivity contribution in [1.29, 1.82) is 0 Å². The zero-order valence-electron chi connectivity index (χ0n) is 17.5. The number of pyridine rings is 1. The van der Waals surface area contributed by atoms with E-state index in [9.17, 15) is 4.79 Å². The second-order valence-corrected chi connectivity index (χ2v) is 7.62. The molecule has 2 aromatic carbocycles. The second-order valence-electron chi connectivity index (χ2n) is 7.62. The number of hydrogen-bond donors (Lipinski definition) is 2. The van der Waals surface area contributed by atoms with Crippen LogP contribution in [0.2, 0.25) is 0 Å². The monoisotopic (exact) mass is 418 g/mol. The van der Waals surface area contributed by atoms with E-state index in [1.165, 1.54) is 12.8 Å². The number of fused-ring (bicyclic) bond motifs is 1. The lowest BCUT2D eigenvalue weighted by Crippen LogP contribution is -2.29. The van der Waals surface area contributed by atoms with Gasteiger partial charge in [0.2, 0.25) is 6.41 Å². The van der Waals surface area contributed by atoms with Crippen molar-refractivity contribution in [3.63, 3.8) is 0 Å². The number of amides is 1. The summed E-state index contributed by atoms with van der Waals surface area (Å²) in [5.74, 6) is 0.692. The molecule has 1 heterocycles. The number of benzene rings is 2. The summed E-state index contributed by atoms with van der Waals surface area (Å²) < 4.78 is 11.6. The van der Waals surface area contributed by atoms with Gasteiger partial charge in [-0.1, -0.05) is 37.1 Å². The van der Waals surface area contributed by atoms with Gasteiger partial charge in [-0.3, -0.25) is 10.1 Å². The van der Waals surface area contributed by atoms with Gasteiger partial charge in [-0.25, -0.2) is 9.98 Å². The van der Waals surface area contributed by atoms with Gasteiger partial charge in [0.05, 0.1) is 23.0 Å². The fraction of sp³-hybridized carbons (Fsp3) is 0.292. The number of carbonyl (C=O) groups excluding carboxylic acids is 1. The van der Waals surface area contributed by atoms with Gasteiger partial charge >= 0.3 is 0 Å². The van der Waals surface area contributed by atoms with E-state index in [0.29, 0.717) is 24.0 Å². The number of aromatic nitrogens is 1. The number of nitrogens with two attached hydrogens (primary N) is 1. The van der Waals surface area contributed by atoms with Crippen molar-refractivity contribution in [1.82, 2.24) is 10.3 Å². The average molecular weight is 418 g/mol. The molecule has 1 fully saturated rings. The lowest BCUT2D eigenvalue weighted by Gasteiger charge is -2.13. The Kier molecular flexibility index (Phi) is 6.43. The maximum absolute atomic E-state index is 10.7. The van der Waals surface area contributed by atoms with E-state index in [2.05, 4.69) is 10.3 Å². The molecule has 0 atom stereocenters. The molecule has 1 amide bonds. The first-order chi connectivity index (χ1) is 15.1. The Morgan fingerprint density at radius 2 is 2.03 bits per heavy atom. The Bertz CT molecular complexity index is 1110. The van der Waals surface area contributed by atoms with Gasteiger partial charge in [-0.15, -0.1) is 0 Å². The van der Waals surface area contributed by atoms with Gasteiger partial charge < -0.3 is 15.2 Å². The number of carbonyl (C=O) groups is 1. The van der Waals surface area contributed by atoms with E-state index in [1.54, 1.807) is 0 Å². The first-order valence-corrected chi connectivity index (χ1v) is 10.4. The van der Waals surface area contributed by atoms with Crippen LogP contribution < -0.4 is 15.8 Å². The van der Waals surface area contributed by atoms with Gasteiger partial charge in [0, 0.05) is 17.0 Å². The van der Waals surface area contributed by atoms with Gasteiger partial charge in [0.25, 0.3) is 0 Å². The molecule has 4 rings (SSSR count). The minimum Gasteiger partial charge on any atom is -0.467 e. The maximum atomic E-state index is 10.7. The number of aryl methyl sites for hydroxylation is 1. The van der Waals surface area contributed by atoms with Crippen LogP contribution in [-0.2, 0) is 9.53 Å². The number of nitrogens with one attached hydrogen (secondary N) is 1. The fourth-order valence-corrected chi connectivity index (χ4v) is 3.85. The summed E-state index contributed by atoms with van der Waals surface area (Å²) in [6.07, 6.45) is 5.43. The summed E-state index contributed by atoms with van der Waals surface area (Å²) in [5, 5.41) is 3.18. The molecule has 7 heteroatoms. The molecule has 0 unspecified atom stereocenters. The SMILES string of the molecule is Cc1ccccc1-c1cc(N=C(N)NC=O)c2ccc(OCOC3CCCC3)cc2n1. The van der Waals surface area contributed by atoms with E-state index < -0.39 is 0 Å². The summed E-state index contributed by atoms with van der Waals surface area (Å²) in [6, 6.07) is 15.5. The van der Waals surface area contributed by atoms with E-state index in [-0.39, 0.29) is 12.8 Å². The number of ether oxygens (including phenoxy) is 2. The molecular weight excluding hydrogens is 392 g/mol. The molecule has 1 aromatic heterocycles. The number of rotatable bonds is 7. The van der Waals surface area contributed by atoms with Crippen LogP contribution in [0, 0.1) is 6.92 Å². The third-order valence-electron chi connectivity index (χ3n) is 5.46. The Morgan fingerprint density at radius 3 is 2.81 bits per heavy atom. The van der Waals surface area contributed by atoms with Crippen molar-refractivity contribution >= 4 is 29.0 Å². The van der Waals surface area contributed by atoms with Gasteiger partial charge in [0.15, 0.2) is 12.8 Å². The van der Waals surface area contributed by atoms with E-state index >= 15 is 0 Å². The van der Waals surface area contributed by atoms with Gasteiger partial charge in [-0.2, -0.15) is 0 Å². The molecule has 3 N–H and O–H groups in total. The summed E-state index contributed by atoms with van der Waals surface area (Å²) in [5.41, 5.74) is 10.0. The zero-order chi connectivity index (χ0) is 21.6. The Hall–Kier alpha value is -3.45. The van der Waals surface area contributed by atoms with Crippen LogP contribution in [0.5, 0.6) is 5.75 Å². The number of aliphatic imine (C=N–C) groups is 1. The largest absolute Gasteiger partial charge is 0.467 e. The normalized spacial score (nSPS) is 14.7. The predicted octanol–water partition coefficient (Wildman–Crippen LogP) is 4.20. The van der Waals surface area contributed by atoms with Crippen molar-refractivity contribution < 1.29 is 14.3 Å². The zero-order valence-corrected chi connectivity index (χ0v) is 17.5. The minimum absolute atomic E-state index is 0.0172. The lowest BCUT2D eigenvalue weighted by atomic mass is 10.0. The van der Waals surface area contributed by atoms with Crippen LogP contribution in [0.25, 0.3) is 22.2 Å². The molecule has 7 nitrogen and oxygen atoms in total. The number of nitrogens with zero attached hydrogens (tertiary/aromatic N) is 2. The third-order valence-corrected chi connectivity index (χ3v) is 5.46. The Balaban J connectivity index is 1.69. The summed E-state index contributed by atoms with van der Waals surface area (Å²) in [4.78, 5) is 20.0. The highest BCUT2D eigenvalue weighted by atomic mass is 16.7. The van der Waals surface area contributed by atoms with Crippen molar-refractivity contribution in [2.45, 2.75) is 38.7 Å². The van der Waals surface area contributed by atoms with Crippen LogP contribution in [-0.4, -0.2) is 30.3 Å². The molecule has 3 aromatic rings. The smallest absolute Gasteiger partial charge is 0.213 e. The molecular formula is C24H26N4O3. The molecule has 1 aliphatic rings. The first-order valence-electron chi connectivity index (χ1n) is 10.4. The number of hydrogen-bond acceptors (Lipinski definition) is 5. The molecule has 0 bridgehead atoms. The molecule has 0 aliphatic heterocycles. The molecule has 160 valence electrons. The van der Waals surface area contributed by atoms with Crippen LogP contribution >= 0.6 is 0 Å². The highest BCUT2D eigenvalue weighted by Gasteiger charge is 2.15. The highest BCUT2D eigenvalue weighted by Crippen LogP contribution is 2.33. The van der Waals surface area contributed by atoms with Crippen LogP contribution in [0.1, 0.15) is 31.2 Å². The van der Waals surface area contributed by atoms with Crippen molar-refractivity contribution in [3.05, 3.63) is 54.1 Å². The van der Waals surface area contributed by atoms with Gasteiger partial charge in [0.1, 0.15) is 5.75 Å². The molecule has 0 radical (unpaired) electrons. The van der Waals surface area contributed by atoms with E-state index in [0.717, 1.165) is 40.6 Å². The molecule has 1 saturated carbocycles. The topological polar surface area (TPSA) is 98.8 Å². The quantitative estimate of drug-likeness (QED) is 0.259. The lowest BCUT2D eigenvalue weighted by molar-refractivity contribution is -0.108. The Morgan fingerprint density at radius 1 is 1.23 bits per heavy atom. The average Bonchev–Trinajstić information content (AvgIpc) is 3.27.